The summed E-state index contributed by atoms with van der Waals surface area (Å²) in [6.45, 7) is 4.07. The number of nitrogens with zero attached hydrogens (tertiary/aromatic N) is 1. The minimum Gasteiger partial charge on any atom is -0.290 e. The van der Waals surface area contributed by atoms with Gasteiger partial charge in [-0.05, 0) is 37.1 Å². The summed E-state index contributed by atoms with van der Waals surface area (Å²) in [5.41, 5.74) is 2.77. The lowest BCUT2D eigenvalue weighted by molar-refractivity contribution is 0.183. The Morgan fingerprint density at radius 1 is 1.00 bits per heavy atom. The highest BCUT2D eigenvalue weighted by atomic mass is 35.5. The molecule has 0 atom stereocenters. The van der Waals surface area contributed by atoms with Crippen LogP contribution in [0.5, 0.6) is 0 Å². The van der Waals surface area contributed by atoms with Gasteiger partial charge in [0.1, 0.15) is 0 Å². The normalized spacial score (nSPS) is 14.4. The highest BCUT2D eigenvalue weighted by molar-refractivity contribution is 6.39. The molecule has 1 aliphatic rings. The van der Waals surface area contributed by atoms with Gasteiger partial charge in [0.25, 0.3) is 0 Å². The summed E-state index contributed by atoms with van der Waals surface area (Å²) < 4.78 is 0. The molecule has 0 spiro atoms. The van der Waals surface area contributed by atoms with Gasteiger partial charge < -0.3 is 0 Å². The van der Waals surface area contributed by atoms with Crippen molar-refractivity contribution < 1.29 is 0 Å². The number of hydrogen-bond donors (Lipinski definition) is 0. The first-order valence-electron chi connectivity index (χ1n) is 9.46. The molecule has 0 unspecified atom stereocenters. The molecular weight excluding hydrogens is 397 g/mol. The van der Waals surface area contributed by atoms with Crippen LogP contribution in [0.4, 0.5) is 0 Å². The van der Waals surface area contributed by atoms with E-state index in [-0.39, 0.29) is 12.4 Å². The van der Waals surface area contributed by atoms with Crippen molar-refractivity contribution in [3.8, 4) is 23.0 Å². The van der Waals surface area contributed by atoms with Gasteiger partial charge in [0, 0.05) is 17.2 Å². The summed E-state index contributed by atoms with van der Waals surface area (Å²) in [5, 5.41) is 1.29. The predicted molar refractivity (Wildman–Crippen MR) is 120 cm³/mol. The van der Waals surface area contributed by atoms with E-state index < -0.39 is 0 Å². The molecule has 27 heavy (non-hydrogen) atoms. The predicted octanol–water partition coefficient (Wildman–Crippen LogP) is 7.09. The minimum atomic E-state index is 0. The van der Waals surface area contributed by atoms with E-state index in [0.29, 0.717) is 16.1 Å². The van der Waals surface area contributed by atoms with Crippen molar-refractivity contribution in [1.82, 2.24) is 4.90 Å². The molecule has 1 nitrogen and oxygen atoms in total. The fourth-order valence-electron chi connectivity index (χ4n) is 3.71. The number of hydrogen-bond acceptors (Lipinski definition) is 1. The molecule has 2 aromatic carbocycles. The number of halogens is 3. The van der Waals surface area contributed by atoms with Crippen LogP contribution in [0.1, 0.15) is 44.6 Å². The van der Waals surface area contributed by atoms with Gasteiger partial charge in [0.2, 0.25) is 0 Å². The van der Waals surface area contributed by atoms with Gasteiger partial charge in [-0.1, -0.05) is 91.6 Å². The van der Waals surface area contributed by atoms with E-state index in [4.69, 9.17) is 23.2 Å². The first-order valence-corrected chi connectivity index (χ1v) is 10.2. The SMILES string of the molecule is CCN(CC#Cc1cc(Cl)c(-c2ccccc2)c(Cl)c1)C1CCCCC1.Cl. The number of benzene rings is 2. The highest BCUT2D eigenvalue weighted by Gasteiger charge is 2.18. The van der Waals surface area contributed by atoms with Crippen LogP contribution in [0, 0.1) is 11.8 Å². The lowest BCUT2D eigenvalue weighted by Gasteiger charge is -2.32. The Morgan fingerprint density at radius 3 is 2.22 bits per heavy atom. The largest absolute Gasteiger partial charge is 0.290 e. The summed E-state index contributed by atoms with van der Waals surface area (Å²) >= 11 is 13.0. The van der Waals surface area contributed by atoms with Crippen LogP contribution in [-0.4, -0.2) is 24.0 Å². The van der Waals surface area contributed by atoms with Crippen molar-refractivity contribution in [3.05, 3.63) is 58.1 Å². The molecule has 144 valence electrons. The van der Waals surface area contributed by atoms with Crippen LogP contribution in [0.2, 0.25) is 10.0 Å². The summed E-state index contributed by atoms with van der Waals surface area (Å²) in [5.74, 6) is 6.57. The second-order valence-corrected chi connectivity index (χ2v) is 7.65. The second kappa shape index (κ2) is 11.0. The molecule has 3 rings (SSSR count). The zero-order chi connectivity index (χ0) is 18.4. The summed E-state index contributed by atoms with van der Waals surface area (Å²) in [6.07, 6.45) is 6.68. The van der Waals surface area contributed by atoms with Crippen molar-refractivity contribution in [2.24, 2.45) is 0 Å². The molecule has 0 aromatic heterocycles. The highest BCUT2D eigenvalue weighted by Crippen LogP contribution is 2.35. The fourth-order valence-corrected chi connectivity index (χ4v) is 4.42. The van der Waals surface area contributed by atoms with E-state index in [0.717, 1.165) is 29.8 Å². The lowest BCUT2D eigenvalue weighted by Crippen LogP contribution is -2.36. The van der Waals surface area contributed by atoms with Crippen LogP contribution >= 0.6 is 35.6 Å². The molecule has 0 heterocycles. The van der Waals surface area contributed by atoms with E-state index in [1.165, 1.54) is 32.1 Å². The third-order valence-electron chi connectivity index (χ3n) is 5.12. The molecule has 0 saturated heterocycles. The molecule has 0 aliphatic heterocycles. The minimum absolute atomic E-state index is 0. The average Bonchev–Trinajstić information content (AvgIpc) is 2.66. The van der Waals surface area contributed by atoms with E-state index in [2.05, 4.69) is 23.7 Å². The van der Waals surface area contributed by atoms with Crippen LogP contribution in [0.25, 0.3) is 11.1 Å². The van der Waals surface area contributed by atoms with Crippen LogP contribution in [0.3, 0.4) is 0 Å². The standard InChI is InChI=1S/C23H25Cl2N.ClH/c1-2-26(20-13-7-4-8-14-20)15-9-10-18-16-21(24)23(22(25)17-18)19-11-5-3-6-12-19;/h3,5-6,11-12,16-17,20H,2,4,7-8,13-15H2,1H3;1H. The van der Waals surface area contributed by atoms with Crippen LogP contribution in [0.15, 0.2) is 42.5 Å². The summed E-state index contributed by atoms with van der Waals surface area (Å²) in [7, 11) is 0. The molecule has 0 radical (unpaired) electrons. The number of rotatable bonds is 4. The molecule has 4 heteroatoms. The molecule has 1 fully saturated rings. The average molecular weight is 423 g/mol. The van der Waals surface area contributed by atoms with Gasteiger partial charge in [-0.15, -0.1) is 12.4 Å². The van der Waals surface area contributed by atoms with Gasteiger partial charge in [-0.3, -0.25) is 4.90 Å². The van der Waals surface area contributed by atoms with Gasteiger partial charge in [0.15, 0.2) is 0 Å². The topological polar surface area (TPSA) is 3.24 Å². The Bertz CT molecular complexity index is 763. The third-order valence-corrected chi connectivity index (χ3v) is 5.71. The van der Waals surface area contributed by atoms with Crippen molar-refractivity contribution in [1.29, 1.82) is 0 Å². The van der Waals surface area contributed by atoms with E-state index in [1.807, 2.05) is 42.5 Å². The second-order valence-electron chi connectivity index (χ2n) is 6.84. The van der Waals surface area contributed by atoms with Gasteiger partial charge in [-0.2, -0.15) is 0 Å². The van der Waals surface area contributed by atoms with Gasteiger partial charge in [0.05, 0.1) is 16.6 Å². The van der Waals surface area contributed by atoms with Crippen molar-refractivity contribution in [3.63, 3.8) is 0 Å². The van der Waals surface area contributed by atoms with E-state index >= 15 is 0 Å². The van der Waals surface area contributed by atoms with E-state index in [1.54, 1.807) is 0 Å². The fraction of sp³-hybridized carbons (Fsp3) is 0.391. The Hall–Kier alpha value is -1.17. The summed E-state index contributed by atoms with van der Waals surface area (Å²) in [4.78, 5) is 2.49. The van der Waals surface area contributed by atoms with E-state index in [9.17, 15) is 0 Å². The van der Waals surface area contributed by atoms with Crippen LogP contribution < -0.4 is 0 Å². The monoisotopic (exact) mass is 421 g/mol. The van der Waals surface area contributed by atoms with Gasteiger partial charge >= 0.3 is 0 Å². The first-order chi connectivity index (χ1) is 12.7. The smallest absolute Gasteiger partial charge is 0.0607 e. The lowest BCUT2D eigenvalue weighted by atomic mass is 9.94. The van der Waals surface area contributed by atoms with Gasteiger partial charge in [-0.25, -0.2) is 0 Å². The Labute approximate surface area is 179 Å². The third kappa shape index (κ3) is 5.90. The molecule has 2 aromatic rings. The Morgan fingerprint density at radius 2 is 1.63 bits per heavy atom. The van der Waals surface area contributed by atoms with Crippen molar-refractivity contribution in [2.45, 2.75) is 45.1 Å². The zero-order valence-electron chi connectivity index (χ0n) is 15.7. The maximum atomic E-state index is 6.50. The zero-order valence-corrected chi connectivity index (χ0v) is 18.0. The molecule has 1 saturated carbocycles. The van der Waals surface area contributed by atoms with Crippen LogP contribution in [-0.2, 0) is 0 Å². The molecule has 0 bridgehead atoms. The molecule has 0 N–H and O–H groups in total. The molecule has 0 amide bonds. The maximum Gasteiger partial charge on any atom is 0.0607 e. The first kappa shape index (κ1) is 22.1. The Balaban J connectivity index is 0.00000261. The summed E-state index contributed by atoms with van der Waals surface area (Å²) in [6, 6.07) is 14.5. The maximum absolute atomic E-state index is 6.50. The molecule has 1 aliphatic carbocycles. The molecular formula is C23H26Cl3N. The van der Waals surface area contributed by atoms with Crippen molar-refractivity contribution in [2.75, 3.05) is 13.1 Å². The van der Waals surface area contributed by atoms with Crippen molar-refractivity contribution >= 4 is 35.6 Å². The quantitative estimate of drug-likeness (QED) is 0.475. The Kier molecular flexibility index (Phi) is 9.00.